The van der Waals surface area contributed by atoms with Gasteiger partial charge in [-0.2, -0.15) is 4.31 Å². The van der Waals surface area contributed by atoms with Crippen LogP contribution in [0.1, 0.15) is 18.4 Å². The van der Waals surface area contributed by atoms with E-state index in [9.17, 15) is 13.2 Å². The van der Waals surface area contributed by atoms with Crippen molar-refractivity contribution in [3.8, 4) is 5.75 Å². The number of rotatable bonds is 10. The third-order valence-electron chi connectivity index (χ3n) is 5.49. The fourth-order valence-electron chi connectivity index (χ4n) is 3.63. The monoisotopic (exact) mass is 445 g/mol. The van der Waals surface area contributed by atoms with E-state index in [0.717, 1.165) is 19.4 Å². The maximum atomic E-state index is 12.8. The zero-order valence-corrected chi connectivity index (χ0v) is 18.8. The first-order chi connectivity index (χ1) is 15.0. The van der Waals surface area contributed by atoms with Crippen LogP contribution < -0.4 is 10.1 Å². The summed E-state index contributed by atoms with van der Waals surface area (Å²) >= 11 is 0. The summed E-state index contributed by atoms with van der Waals surface area (Å²) < 4.78 is 32.2. The maximum absolute atomic E-state index is 12.8. The van der Waals surface area contributed by atoms with Crippen LogP contribution in [0, 0.1) is 0 Å². The summed E-state index contributed by atoms with van der Waals surface area (Å²) in [5.74, 6) is 0.697. The smallest absolute Gasteiger partial charge is 0.243 e. The molecule has 0 radical (unpaired) electrons. The fraction of sp³-hybridized carbons (Fsp3) is 0.435. The van der Waals surface area contributed by atoms with E-state index in [1.54, 1.807) is 31.4 Å². The quantitative estimate of drug-likeness (QED) is 0.606. The lowest BCUT2D eigenvalue weighted by atomic mass is 10.1. The molecule has 0 unspecified atom stereocenters. The highest BCUT2D eigenvalue weighted by molar-refractivity contribution is 7.89. The molecule has 1 N–H and O–H groups in total. The molecule has 0 aliphatic carbocycles. The largest absolute Gasteiger partial charge is 0.497 e. The van der Waals surface area contributed by atoms with Crippen LogP contribution in [0.5, 0.6) is 5.75 Å². The molecule has 168 valence electrons. The topological polar surface area (TPSA) is 79.0 Å². The van der Waals surface area contributed by atoms with Gasteiger partial charge in [-0.15, -0.1) is 0 Å². The summed E-state index contributed by atoms with van der Waals surface area (Å²) in [5.41, 5.74) is 1.25. The molecule has 1 aliphatic rings. The Morgan fingerprint density at radius 2 is 1.68 bits per heavy atom. The highest BCUT2D eigenvalue weighted by atomic mass is 32.2. The van der Waals surface area contributed by atoms with Crippen molar-refractivity contribution in [3.63, 3.8) is 0 Å². The Labute approximate surface area is 185 Å². The van der Waals surface area contributed by atoms with Gasteiger partial charge in [0.15, 0.2) is 0 Å². The summed E-state index contributed by atoms with van der Waals surface area (Å²) in [6.07, 6.45) is 2.25. The number of piperazine rings is 1. The molecule has 1 saturated heterocycles. The fourth-order valence-corrected chi connectivity index (χ4v) is 5.05. The molecule has 1 fully saturated rings. The first-order valence-corrected chi connectivity index (χ1v) is 12.1. The molecule has 2 aromatic rings. The molecule has 2 aromatic carbocycles. The van der Waals surface area contributed by atoms with Crippen LogP contribution in [0.25, 0.3) is 0 Å². The second-order valence-electron chi connectivity index (χ2n) is 7.61. The number of carbonyl (C=O) groups is 1. The van der Waals surface area contributed by atoms with Crippen LogP contribution in [0.4, 0.5) is 0 Å². The molecular weight excluding hydrogens is 414 g/mol. The van der Waals surface area contributed by atoms with Crippen molar-refractivity contribution in [1.29, 1.82) is 0 Å². The highest BCUT2D eigenvalue weighted by Crippen LogP contribution is 2.20. The van der Waals surface area contributed by atoms with Crippen LogP contribution in [0.3, 0.4) is 0 Å². The van der Waals surface area contributed by atoms with Gasteiger partial charge >= 0.3 is 0 Å². The van der Waals surface area contributed by atoms with Crippen LogP contribution >= 0.6 is 0 Å². The molecule has 1 heterocycles. The molecule has 0 aromatic heterocycles. The first kappa shape index (κ1) is 23.2. The predicted molar refractivity (Wildman–Crippen MR) is 121 cm³/mol. The molecule has 0 spiro atoms. The van der Waals surface area contributed by atoms with Gasteiger partial charge in [-0.1, -0.05) is 30.3 Å². The third-order valence-corrected chi connectivity index (χ3v) is 7.40. The number of benzene rings is 2. The third kappa shape index (κ3) is 6.78. The van der Waals surface area contributed by atoms with E-state index in [0.29, 0.717) is 44.9 Å². The average Bonchev–Trinajstić information content (AvgIpc) is 2.80. The number of carbonyl (C=O) groups excluding carboxylic acids is 1. The summed E-state index contributed by atoms with van der Waals surface area (Å²) in [7, 11) is -1.94. The van der Waals surface area contributed by atoms with E-state index >= 15 is 0 Å². The Kier molecular flexibility index (Phi) is 8.45. The first-order valence-electron chi connectivity index (χ1n) is 10.7. The van der Waals surface area contributed by atoms with Gasteiger partial charge in [0, 0.05) is 45.7 Å². The van der Waals surface area contributed by atoms with Gasteiger partial charge in [-0.25, -0.2) is 8.42 Å². The van der Waals surface area contributed by atoms with Gasteiger partial charge < -0.3 is 10.1 Å². The number of hydrogen-bond donors (Lipinski definition) is 1. The molecular formula is C23H31N3O4S. The Morgan fingerprint density at radius 3 is 2.32 bits per heavy atom. The predicted octanol–water partition coefficient (Wildman–Crippen LogP) is 2.14. The lowest BCUT2D eigenvalue weighted by molar-refractivity contribution is -0.121. The number of nitrogens with one attached hydrogen (secondary N) is 1. The average molecular weight is 446 g/mol. The Morgan fingerprint density at radius 1 is 1.00 bits per heavy atom. The molecule has 0 bridgehead atoms. The second-order valence-corrected chi connectivity index (χ2v) is 9.55. The van der Waals surface area contributed by atoms with Crippen LogP contribution in [0.15, 0.2) is 59.5 Å². The second kappa shape index (κ2) is 11.3. The van der Waals surface area contributed by atoms with E-state index in [1.807, 2.05) is 18.2 Å². The molecule has 0 atom stereocenters. The van der Waals surface area contributed by atoms with Crippen LogP contribution in [-0.4, -0.2) is 69.9 Å². The zero-order valence-electron chi connectivity index (χ0n) is 18.0. The van der Waals surface area contributed by atoms with Crippen LogP contribution in [-0.2, 0) is 21.2 Å². The van der Waals surface area contributed by atoms with Crippen molar-refractivity contribution in [2.45, 2.75) is 24.2 Å². The van der Waals surface area contributed by atoms with E-state index in [-0.39, 0.29) is 10.8 Å². The van der Waals surface area contributed by atoms with Crippen LogP contribution in [0.2, 0.25) is 0 Å². The van der Waals surface area contributed by atoms with E-state index in [2.05, 4.69) is 22.3 Å². The molecule has 0 saturated carbocycles. The Balaban J connectivity index is 1.34. The van der Waals surface area contributed by atoms with Crippen molar-refractivity contribution in [2.24, 2.45) is 0 Å². The lowest BCUT2D eigenvalue weighted by Gasteiger charge is -2.34. The number of ether oxygens (including phenoxy) is 1. The van der Waals surface area contributed by atoms with Crippen molar-refractivity contribution in [2.75, 3.05) is 46.4 Å². The van der Waals surface area contributed by atoms with Crippen molar-refractivity contribution in [1.82, 2.24) is 14.5 Å². The van der Waals surface area contributed by atoms with Gasteiger partial charge in [0.2, 0.25) is 15.9 Å². The summed E-state index contributed by atoms with van der Waals surface area (Å²) in [5, 5.41) is 2.97. The number of sulfonamides is 1. The van der Waals surface area contributed by atoms with Gasteiger partial charge in [0.05, 0.1) is 12.0 Å². The van der Waals surface area contributed by atoms with Gasteiger partial charge in [-0.3, -0.25) is 9.69 Å². The number of nitrogens with zero attached hydrogens (tertiary/aromatic N) is 2. The van der Waals surface area contributed by atoms with Gasteiger partial charge in [0.1, 0.15) is 5.75 Å². The van der Waals surface area contributed by atoms with E-state index in [1.165, 1.54) is 9.87 Å². The molecule has 8 heteroatoms. The minimum absolute atomic E-state index is 0.0663. The van der Waals surface area contributed by atoms with Crippen molar-refractivity contribution >= 4 is 15.9 Å². The summed E-state index contributed by atoms with van der Waals surface area (Å²) in [6.45, 7) is 3.49. The molecule has 31 heavy (non-hydrogen) atoms. The molecule has 1 aliphatic heterocycles. The summed E-state index contributed by atoms with van der Waals surface area (Å²) in [4.78, 5) is 14.5. The minimum atomic E-state index is -3.50. The number of aryl methyl sites for hydroxylation is 1. The highest BCUT2D eigenvalue weighted by Gasteiger charge is 2.28. The zero-order chi connectivity index (χ0) is 22.1. The number of methoxy groups -OCH3 is 1. The summed E-state index contributed by atoms with van der Waals surface area (Å²) in [6, 6.07) is 16.6. The van der Waals surface area contributed by atoms with Gasteiger partial charge in [0.25, 0.3) is 0 Å². The number of amides is 1. The minimum Gasteiger partial charge on any atom is -0.497 e. The lowest BCUT2D eigenvalue weighted by Crippen LogP contribution is -2.50. The van der Waals surface area contributed by atoms with Crippen molar-refractivity contribution < 1.29 is 17.9 Å². The maximum Gasteiger partial charge on any atom is 0.243 e. The number of hydrogen-bond acceptors (Lipinski definition) is 5. The van der Waals surface area contributed by atoms with Crippen molar-refractivity contribution in [3.05, 3.63) is 60.2 Å². The molecule has 3 rings (SSSR count). The van der Waals surface area contributed by atoms with E-state index in [4.69, 9.17) is 4.74 Å². The SMILES string of the molecule is COc1ccc(S(=O)(=O)N2CCN(CCNC(=O)CCCc3ccccc3)CC2)cc1. The Hall–Kier alpha value is -2.42. The molecule has 7 nitrogen and oxygen atoms in total. The Bertz CT molecular complexity index is 925. The normalized spacial score (nSPS) is 15.5. The standard InChI is InChI=1S/C23H31N3O4S/c1-30-21-10-12-22(13-11-21)31(28,29)26-18-16-25(17-19-26)15-14-24-23(27)9-5-8-20-6-3-2-4-7-20/h2-4,6-7,10-13H,5,8-9,14-19H2,1H3,(H,24,27). The van der Waals surface area contributed by atoms with E-state index < -0.39 is 10.0 Å². The van der Waals surface area contributed by atoms with Gasteiger partial charge in [-0.05, 0) is 42.7 Å². The molecule has 1 amide bonds.